The first-order valence-electron chi connectivity index (χ1n) is 6.27. The van der Waals surface area contributed by atoms with E-state index in [-0.39, 0.29) is 12.4 Å². The molecule has 114 valence electrons. The van der Waals surface area contributed by atoms with Crippen molar-refractivity contribution in [1.82, 2.24) is 20.2 Å². The number of aromatic nitrogens is 4. The van der Waals surface area contributed by atoms with E-state index in [9.17, 15) is 13.2 Å². The molecule has 0 unspecified atom stereocenters. The fraction of sp³-hybridized carbons (Fsp3) is 0.417. The summed E-state index contributed by atoms with van der Waals surface area (Å²) in [5.74, 6) is 0.585. The van der Waals surface area contributed by atoms with Crippen molar-refractivity contribution in [2.45, 2.75) is 26.1 Å². The normalized spacial score (nSPS) is 11.6. The van der Waals surface area contributed by atoms with E-state index in [1.165, 1.54) is 0 Å². The minimum Gasteiger partial charge on any atom is -0.493 e. The lowest BCUT2D eigenvalue weighted by Gasteiger charge is -2.13. The van der Waals surface area contributed by atoms with Crippen LogP contribution in [0.15, 0.2) is 18.2 Å². The van der Waals surface area contributed by atoms with Gasteiger partial charge in [0.1, 0.15) is 5.75 Å². The van der Waals surface area contributed by atoms with E-state index in [2.05, 4.69) is 15.5 Å². The van der Waals surface area contributed by atoms with Crippen LogP contribution in [0.25, 0.3) is 11.4 Å². The molecule has 0 aliphatic rings. The molecule has 9 heteroatoms. The Morgan fingerprint density at radius 3 is 2.76 bits per heavy atom. The van der Waals surface area contributed by atoms with Crippen molar-refractivity contribution in [1.29, 1.82) is 0 Å². The van der Waals surface area contributed by atoms with Crippen LogP contribution in [0, 0.1) is 0 Å². The molecule has 0 aliphatic heterocycles. The molecule has 2 rings (SSSR count). The first-order chi connectivity index (χ1) is 9.92. The van der Waals surface area contributed by atoms with Crippen molar-refractivity contribution in [3.63, 3.8) is 0 Å². The molecule has 1 aromatic carbocycles. The minimum atomic E-state index is -4.28. The van der Waals surface area contributed by atoms with Crippen molar-refractivity contribution in [3.8, 4) is 17.1 Å². The van der Waals surface area contributed by atoms with Crippen molar-refractivity contribution in [2.75, 3.05) is 12.3 Å². The number of hydrogen-bond donors (Lipinski definition) is 1. The summed E-state index contributed by atoms with van der Waals surface area (Å²) in [6.07, 6.45) is -5.31. The van der Waals surface area contributed by atoms with Gasteiger partial charge in [0.15, 0.2) is 5.82 Å². The van der Waals surface area contributed by atoms with Crippen LogP contribution in [-0.2, 0) is 6.54 Å². The molecule has 0 saturated carbocycles. The highest BCUT2D eigenvalue weighted by Crippen LogP contribution is 2.34. The molecule has 0 saturated heterocycles. The summed E-state index contributed by atoms with van der Waals surface area (Å²) in [5.41, 5.74) is 6.61. The summed E-state index contributed by atoms with van der Waals surface area (Å²) in [5, 5.41) is 10.8. The monoisotopic (exact) mass is 301 g/mol. The standard InChI is InChI=1S/C12H14F3N5O/c1-2-21-9-5-3-4-8(16)10(9)11-17-18-19-20(11)7-6-12(13,14)15/h3-5H,2,6-7,16H2,1H3. The maximum Gasteiger partial charge on any atom is 0.390 e. The Labute approximate surface area is 118 Å². The van der Waals surface area contributed by atoms with Gasteiger partial charge in [0.05, 0.1) is 25.1 Å². The highest BCUT2D eigenvalue weighted by atomic mass is 19.4. The number of rotatable bonds is 5. The van der Waals surface area contributed by atoms with Crippen LogP contribution in [0.5, 0.6) is 5.75 Å². The van der Waals surface area contributed by atoms with E-state index in [4.69, 9.17) is 10.5 Å². The number of hydrogen-bond acceptors (Lipinski definition) is 5. The molecule has 1 aromatic heterocycles. The van der Waals surface area contributed by atoms with Crippen LogP contribution >= 0.6 is 0 Å². The van der Waals surface area contributed by atoms with E-state index in [1.54, 1.807) is 25.1 Å². The van der Waals surface area contributed by atoms with Gasteiger partial charge in [-0.05, 0) is 29.5 Å². The number of alkyl halides is 3. The molecule has 6 nitrogen and oxygen atoms in total. The quantitative estimate of drug-likeness (QED) is 0.857. The fourth-order valence-corrected chi connectivity index (χ4v) is 1.83. The van der Waals surface area contributed by atoms with Crippen LogP contribution in [0.2, 0.25) is 0 Å². The van der Waals surface area contributed by atoms with E-state index >= 15 is 0 Å². The highest BCUT2D eigenvalue weighted by Gasteiger charge is 2.28. The summed E-state index contributed by atoms with van der Waals surface area (Å²) in [4.78, 5) is 0. The Balaban J connectivity index is 2.37. The third kappa shape index (κ3) is 3.61. The molecule has 0 bridgehead atoms. The highest BCUT2D eigenvalue weighted by molar-refractivity contribution is 5.77. The third-order valence-corrected chi connectivity index (χ3v) is 2.72. The average molecular weight is 301 g/mol. The van der Waals surface area contributed by atoms with Gasteiger partial charge >= 0.3 is 6.18 Å². The van der Waals surface area contributed by atoms with Gasteiger partial charge < -0.3 is 10.5 Å². The average Bonchev–Trinajstić information content (AvgIpc) is 2.84. The van der Waals surface area contributed by atoms with Crippen molar-refractivity contribution in [3.05, 3.63) is 18.2 Å². The third-order valence-electron chi connectivity index (χ3n) is 2.72. The van der Waals surface area contributed by atoms with Gasteiger partial charge in [-0.15, -0.1) is 5.10 Å². The molecule has 2 N–H and O–H groups in total. The summed E-state index contributed by atoms with van der Waals surface area (Å²) in [6.45, 7) is 1.80. The Kier molecular flexibility index (Phi) is 4.29. The van der Waals surface area contributed by atoms with Gasteiger partial charge in [-0.1, -0.05) is 6.07 Å². The lowest BCUT2D eigenvalue weighted by molar-refractivity contribution is -0.137. The van der Waals surface area contributed by atoms with Crippen LogP contribution in [0.1, 0.15) is 13.3 Å². The number of anilines is 1. The zero-order valence-electron chi connectivity index (χ0n) is 11.3. The molecule has 0 radical (unpaired) electrons. The summed E-state index contributed by atoms with van der Waals surface area (Å²) >= 11 is 0. The predicted molar refractivity (Wildman–Crippen MR) is 69.5 cm³/mol. The maximum absolute atomic E-state index is 12.3. The second-order valence-electron chi connectivity index (χ2n) is 4.24. The Morgan fingerprint density at radius 1 is 1.33 bits per heavy atom. The first kappa shape index (κ1) is 15.1. The number of aryl methyl sites for hydroxylation is 1. The second kappa shape index (κ2) is 5.98. The molecular weight excluding hydrogens is 287 g/mol. The molecule has 0 fully saturated rings. The van der Waals surface area contributed by atoms with Crippen molar-refractivity contribution >= 4 is 5.69 Å². The molecule has 0 atom stereocenters. The Bertz CT molecular complexity index is 611. The fourth-order valence-electron chi connectivity index (χ4n) is 1.83. The first-order valence-corrected chi connectivity index (χ1v) is 6.27. The summed E-state index contributed by atoms with van der Waals surface area (Å²) < 4.78 is 43.5. The summed E-state index contributed by atoms with van der Waals surface area (Å²) in [6, 6.07) is 4.96. The van der Waals surface area contributed by atoms with Gasteiger partial charge in [0.25, 0.3) is 0 Å². The van der Waals surface area contributed by atoms with Crippen LogP contribution in [0.4, 0.5) is 18.9 Å². The Hall–Kier alpha value is -2.32. The van der Waals surface area contributed by atoms with E-state index < -0.39 is 12.6 Å². The second-order valence-corrected chi connectivity index (χ2v) is 4.24. The maximum atomic E-state index is 12.3. The molecule has 0 aliphatic carbocycles. The van der Waals surface area contributed by atoms with Gasteiger partial charge in [-0.3, -0.25) is 0 Å². The zero-order valence-corrected chi connectivity index (χ0v) is 11.3. The zero-order chi connectivity index (χ0) is 15.5. The topological polar surface area (TPSA) is 78.8 Å². The summed E-state index contributed by atoms with van der Waals surface area (Å²) in [7, 11) is 0. The van der Waals surface area contributed by atoms with Crippen molar-refractivity contribution in [2.24, 2.45) is 0 Å². The van der Waals surface area contributed by atoms with E-state index in [0.29, 0.717) is 23.6 Å². The molecule has 1 heterocycles. The van der Waals surface area contributed by atoms with E-state index in [0.717, 1.165) is 4.68 Å². The smallest absolute Gasteiger partial charge is 0.390 e. The SMILES string of the molecule is CCOc1cccc(N)c1-c1nnnn1CCC(F)(F)F. The van der Waals surface area contributed by atoms with Crippen LogP contribution in [-0.4, -0.2) is 33.0 Å². The molecule has 0 spiro atoms. The minimum absolute atomic E-state index is 0.154. The number of nitrogen functional groups attached to an aromatic ring is 1. The molecule has 2 aromatic rings. The molecule has 0 amide bonds. The van der Waals surface area contributed by atoms with Crippen LogP contribution in [0.3, 0.4) is 0 Å². The number of halogens is 3. The van der Waals surface area contributed by atoms with Gasteiger partial charge in [0, 0.05) is 5.69 Å². The number of nitrogens with two attached hydrogens (primary N) is 1. The van der Waals surface area contributed by atoms with E-state index in [1.807, 2.05) is 0 Å². The lowest BCUT2D eigenvalue weighted by Crippen LogP contribution is -2.14. The largest absolute Gasteiger partial charge is 0.493 e. The van der Waals surface area contributed by atoms with Gasteiger partial charge in [-0.25, -0.2) is 4.68 Å². The van der Waals surface area contributed by atoms with Gasteiger partial charge in [0.2, 0.25) is 0 Å². The molecule has 21 heavy (non-hydrogen) atoms. The lowest BCUT2D eigenvalue weighted by atomic mass is 10.1. The number of ether oxygens (including phenoxy) is 1. The number of tetrazole rings is 1. The predicted octanol–water partition coefficient (Wildman–Crippen LogP) is 2.27. The van der Waals surface area contributed by atoms with Crippen molar-refractivity contribution < 1.29 is 17.9 Å². The number of nitrogens with zero attached hydrogens (tertiary/aromatic N) is 4. The van der Waals surface area contributed by atoms with Gasteiger partial charge in [-0.2, -0.15) is 13.2 Å². The number of benzene rings is 1. The molecular formula is C12H14F3N5O. The Morgan fingerprint density at radius 2 is 2.10 bits per heavy atom. The van der Waals surface area contributed by atoms with Crippen LogP contribution < -0.4 is 10.5 Å².